The number of carbonyl (C=O) groups is 2. The van der Waals surface area contributed by atoms with Gasteiger partial charge in [-0.1, -0.05) is 47.7 Å². The molecule has 0 unspecified atom stereocenters. The zero-order chi connectivity index (χ0) is 20.4. The molecule has 0 aliphatic carbocycles. The van der Waals surface area contributed by atoms with Gasteiger partial charge in [0.15, 0.2) is 10.2 Å². The number of nitrogens with one attached hydrogen (secondary N) is 1. The highest BCUT2D eigenvalue weighted by atomic mass is 32.2. The summed E-state index contributed by atoms with van der Waals surface area (Å²) in [5, 5.41) is 3.28. The van der Waals surface area contributed by atoms with Crippen LogP contribution in [0.1, 0.15) is 11.3 Å². The number of aryl methyl sites for hydroxylation is 1. The van der Waals surface area contributed by atoms with E-state index in [2.05, 4.69) is 5.32 Å². The van der Waals surface area contributed by atoms with E-state index in [0.717, 1.165) is 4.90 Å². The highest BCUT2D eigenvalue weighted by Gasteiger charge is 2.34. The van der Waals surface area contributed by atoms with Crippen LogP contribution in [-0.2, 0) is 9.59 Å². The molecule has 1 fully saturated rings. The van der Waals surface area contributed by atoms with Gasteiger partial charge in [0, 0.05) is 4.90 Å². The Labute approximate surface area is 177 Å². The molecule has 0 spiro atoms. The van der Waals surface area contributed by atoms with Crippen LogP contribution in [-0.4, -0.2) is 16.9 Å². The van der Waals surface area contributed by atoms with E-state index in [1.807, 2.05) is 43.3 Å². The van der Waals surface area contributed by atoms with Gasteiger partial charge < -0.3 is 4.42 Å². The smallest absolute Gasteiger partial charge is 0.270 e. The standard InChI is InChI=1S/C22H16N2O3S2/c1-14-7-10-17(11-8-14)29-19-12-9-16(27-19)13-18-20(25)23-22(28)24(21(18)26)15-5-3-2-4-6-15/h2-13H,1H3,(H,23,25,28)/b18-13+. The molecule has 0 saturated carbocycles. The number of furan rings is 1. The largest absolute Gasteiger partial charge is 0.450 e. The van der Waals surface area contributed by atoms with Crippen LogP contribution in [0.4, 0.5) is 5.69 Å². The average Bonchev–Trinajstić information content (AvgIpc) is 3.15. The van der Waals surface area contributed by atoms with Crippen LogP contribution in [0.5, 0.6) is 0 Å². The lowest BCUT2D eigenvalue weighted by Gasteiger charge is -2.28. The Kier molecular flexibility index (Phi) is 5.33. The number of amides is 2. The molecule has 0 atom stereocenters. The summed E-state index contributed by atoms with van der Waals surface area (Å²) >= 11 is 6.65. The van der Waals surface area contributed by atoms with Crippen molar-refractivity contribution in [3.8, 4) is 0 Å². The molecular formula is C22H16N2O3S2. The van der Waals surface area contributed by atoms with Crippen LogP contribution in [0.25, 0.3) is 6.08 Å². The Morgan fingerprint density at radius 1 is 1.00 bits per heavy atom. The van der Waals surface area contributed by atoms with Crippen molar-refractivity contribution in [3.63, 3.8) is 0 Å². The molecule has 1 aromatic heterocycles. The normalized spacial score (nSPS) is 15.7. The molecule has 5 nitrogen and oxygen atoms in total. The lowest BCUT2D eigenvalue weighted by atomic mass is 10.1. The van der Waals surface area contributed by atoms with Crippen LogP contribution in [0.3, 0.4) is 0 Å². The van der Waals surface area contributed by atoms with Gasteiger partial charge in [0.05, 0.1) is 5.69 Å². The maximum atomic E-state index is 12.9. The van der Waals surface area contributed by atoms with Gasteiger partial charge in [-0.25, -0.2) is 0 Å². The van der Waals surface area contributed by atoms with Gasteiger partial charge in [0.1, 0.15) is 11.3 Å². The van der Waals surface area contributed by atoms with E-state index in [-0.39, 0.29) is 10.7 Å². The topological polar surface area (TPSA) is 62.6 Å². The molecule has 4 rings (SSSR count). The van der Waals surface area contributed by atoms with Crippen molar-refractivity contribution in [2.45, 2.75) is 16.9 Å². The Hall–Kier alpha value is -3.16. The van der Waals surface area contributed by atoms with E-state index < -0.39 is 11.8 Å². The summed E-state index contributed by atoms with van der Waals surface area (Å²) in [4.78, 5) is 27.6. The summed E-state index contributed by atoms with van der Waals surface area (Å²) in [5.74, 6) is -0.621. The Morgan fingerprint density at radius 2 is 1.72 bits per heavy atom. The van der Waals surface area contributed by atoms with Crippen LogP contribution in [0.2, 0.25) is 0 Å². The van der Waals surface area contributed by atoms with Gasteiger partial charge in [0.2, 0.25) is 0 Å². The SMILES string of the molecule is Cc1ccc(Sc2ccc(/C=C3\C(=O)NC(=S)N(c4ccccc4)C3=O)o2)cc1. The summed E-state index contributed by atoms with van der Waals surface area (Å²) in [6.07, 6.45) is 1.44. The van der Waals surface area contributed by atoms with Gasteiger partial charge in [-0.3, -0.25) is 19.8 Å². The molecule has 1 aliphatic heterocycles. The summed E-state index contributed by atoms with van der Waals surface area (Å²) in [6.45, 7) is 2.03. The maximum absolute atomic E-state index is 12.9. The van der Waals surface area contributed by atoms with Crippen molar-refractivity contribution in [2.75, 3.05) is 4.90 Å². The third-order valence-electron chi connectivity index (χ3n) is 4.24. The number of anilines is 1. The molecule has 2 heterocycles. The molecule has 3 aromatic rings. The fraction of sp³-hybridized carbons (Fsp3) is 0.0455. The third-order valence-corrected chi connectivity index (χ3v) is 5.46. The molecule has 1 aliphatic rings. The van der Waals surface area contributed by atoms with Crippen molar-refractivity contribution in [2.24, 2.45) is 0 Å². The second kappa shape index (κ2) is 8.06. The Bertz CT molecular complexity index is 1120. The van der Waals surface area contributed by atoms with Crippen LogP contribution >= 0.6 is 24.0 Å². The Morgan fingerprint density at radius 3 is 2.45 bits per heavy atom. The van der Waals surface area contributed by atoms with E-state index >= 15 is 0 Å². The first-order valence-corrected chi connectivity index (χ1v) is 10.0. The fourth-order valence-corrected chi connectivity index (χ4v) is 3.86. The van der Waals surface area contributed by atoms with E-state index in [1.165, 1.54) is 28.3 Å². The zero-order valence-corrected chi connectivity index (χ0v) is 17.0. The molecule has 1 saturated heterocycles. The van der Waals surface area contributed by atoms with Crippen molar-refractivity contribution in [1.29, 1.82) is 0 Å². The maximum Gasteiger partial charge on any atom is 0.270 e. The lowest BCUT2D eigenvalue weighted by molar-refractivity contribution is -0.122. The second-order valence-electron chi connectivity index (χ2n) is 6.37. The minimum atomic E-state index is -0.545. The van der Waals surface area contributed by atoms with Crippen molar-refractivity contribution < 1.29 is 14.0 Å². The first-order chi connectivity index (χ1) is 14.0. The fourth-order valence-electron chi connectivity index (χ4n) is 2.80. The first kappa shape index (κ1) is 19.2. The van der Waals surface area contributed by atoms with Gasteiger partial charge in [0.25, 0.3) is 11.8 Å². The number of hydrogen-bond donors (Lipinski definition) is 1. The number of thiocarbonyl (C=S) groups is 1. The number of carbonyl (C=O) groups excluding carboxylic acids is 2. The zero-order valence-electron chi connectivity index (χ0n) is 15.4. The lowest BCUT2D eigenvalue weighted by Crippen LogP contribution is -2.54. The van der Waals surface area contributed by atoms with Crippen LogP contribution < -0.4 is 10.2 Å². The highest BCUT2D eigenvalue weighted by Crippen LogP contribution is 2.30. The van der Waals surface area contributed by atoms with Crippen LogP contribution in [0.15, 0.2) is 86.7 Å². The Balaban J connectivity index is 1.59. The summed E-state index contributed by atoms with van der Waals surface area (Å²) < 4.78 is 5.79. The van der Waals surface area contributed by atoms with Gasteiger partial charge in [-0.2, -0.15) is 0 Å². The van der Waals surface area contributed by atoms with Crippen molar-refractivity contribution >= 4 is 52.7 Å². The predicted octanol–water partition coefficient (Wildman–Crippen LogP) is 4.57. The monoisotopic (exact) mass is 420 g/mol. The van der Waals surface area contributed by atoms with Crippen molar-refractivity contribution in [3.05, 3.63) is 83.6 Å². The molecule has 0 radical (unpaired) electrons. The van der Waals surface area contributed by atoms with Gasteiger partial charge in [-0.15, -0.1) is 0 Å². The molecule has 2 amide bonds. The summed E-state index contributed by atoms with van der Waals surface area (Å²) in [7, 11) is 0. The summed E-state index contributed by atoms with van der Waals surface area (Å²) in [5.41, 5.74) is 1.73. The molecule has 7 heteroatoms. The van der Waals surface area contributed by atoms with Crippen LogP contribution in [0, 0.1) is 6.92 Å². The quantitative estimate of drug-likeness (QED) is 0.381. The molecule has 29 heavy (non-hydrogen) atoms. The first-order valence-electron chi connectivity index (χ1n) is 8.82. The summed E-state index contributed by atoms with van der Waals surface area (Å²) in [6, 6.07) is 20.6. The number of nitrogens with zero attached hydrogens (tertiary/aromatic N) is 1. The van der Waals surface area contributed by atoms with E-state index in [4.69, 9.17) is 16.6 Å². The van der Waals surface area contributed by atoms with Crippen molar-refractivity contribution in [1.82, 2.24) is 5.32 Å². The molecule has 1 N–H and O–H groups in total. The number of hydrogen-bond acceptors (Lipinski definition) is 5. The van der Waals surface area contributed by atoms with Gasteiger partial charge >= 0.3 is 0 Å². The molecule has 0 bridgehead atoms. The second-order valence-corrected chi connectivity index (χ2v) is 7.83. The minimum Gasteiger partial charge on any atom is -0.450 e. The average molecular weight is 421 g/mol. The highest BCUT2D eigenvalue weighted by molar-refractivity contribution is 7.99. The van der Waals surface area contributed by atoms with E-state index in [1.54, 1.807) is 30.3 Å². The molecular weight excluding hydrogens is 404 g/mol. The third kappa shape index (κ3) is 4.16. The molecule has 2 aromatic carbocycles. The minimum absolute atomic E-state index is 0.0383. The number of benzene rings is 2. The molecule has 144 valence electrons. The predicted molar refractivity (Wildman–Crippen MR) is 117 cm³/mol. The van der Waals surface area contributed by atoms with Gasteiger partial charge in [-0.05, 0) is 61.6 Å². The number of para-hydroxylation sites is 1. The van der Waals surface area contributed by atoms with E-state index in [9.17, 15) is 9.59 Å². The van der Waals surface area contributed by atoms with E-state index in [0.29, 0.717) is 16.5 Å². The number of rotatable bonds is 4.